The Morgan fingerprint density at radius 1 is 0.633 bits per heavy atom. The van der Waals surface area contributed by atoms with Crippen LogP contribution >= 0.6 is 0 Å². The zero-order valence-electron chi connectivity index (χ0n) is 15.7. The zero-order chi connectivity index (χ0) is 21.1. The van der Waals surface area contributed by atoms with Crippen LogP contribution in [0.15, 0.2) is 89.3 Å². The highest BCUT2D eigenvalue weighted by molar-refractivity contribution is 5.81. The summed E-state index contributed by atoms with van der Waals surface area (Å²) in [5.74, 6) is -0.411. The van der Waals surface area contributed by atoms with E-state index in [0.29, 0.717) is 11.3 Å². The van der Waals surface area contributed by atoms with Crippen molar-refractivity contribution in [2.45, 2.75) is 6.18 Å². The Labute approximate surface area is 170 Å². The first-order chi connectivity index (χ1) is 14.4. The maximum absolute atomic E-state index is 15.3. The van der Waals surface area contributed by atoms with Gasteiger partial charge in [-0.1, -0.05) is 78.9 Å². The zero-order valence-corrected chi connectivity index (χ0v) is 15.7. The molecule has 0 atom stereocenters. The van der Waals surface area contributed by atoms with Crippen molar-refractivity contribution in [2.75, 3.05) is 0 Å². The number of halogens is 4. The number of hydrogen-bond acceptors (Lipinski definition) is 1. The topological polar surface area (TPSA) is 13.1 Å². The monoisotopic (exact) mass is 408 g/mol. The van der Waals surface area contributed by atoms with Gasteiger partial charge in [-0.25, -0.2) is 4.39 Å². The molecule has 0 spiro atoms. The van der Waals surface area contributed by atoms with E-state index in [4.69, 9.17) is 4.42 Å². The van der Waals surface area contributed by atoms with E-state index < -0.39 is 17.6 Å². The summed E-state index contributed by atoms with van der Waals surface area (Å²) in [5.41, 5.74) is 1.22. The van der Waals surface area contributed by atoms with E-state index in [1.165, 1.54) is 12.1 Å². The minimum atomic E-state index is -4.46. The van der Waals surface area contributed by atoms with Gasteiger partial charge in [0.15, 0.2) is 11.6 Å². The highest BCUT2D eigenvalue weighted by Crippen LogP contribution is 2.38. The third kappa shape index (κ3) is 4.06. The Kier molecular flexibility index (Phi) is 5.27. The van der Waals surface area contributed by atoms with Crippen LogP contribution < -0.4 is 0 Å². The lowest BCUT2D eigenvalue weighted by Crippen LogP contribution is -2.03. The molecule has 1 nitrogen and oxygen atoms in total. The van der Waals surface area contributed by atoms with Crippen LogP contribution in [-0.4, -0.2) is 0 Å². The molecule has 0 N–H and O–H groups in total. The molecule has 0 saturated heterocycles. The normalized spacial score (nSPS) is 11.9. The van der Waals surface area contributed by atoms with Crippen LogP contribution in [0.5, 0.6) is 0 Å². The van der Waals surface area contributed by atoms with Crippen molar-refractivity contribution in [3.8, 4) is 22.6 Å². The van der Waals surface area contributed by atoms with Gasteiger partial charge in [-0.2, -0.15) is 13.2 Å². The predicted molar refractivity (Wildman–Crippen MR) is 110 cm³/mol. The summed E-state index contributed by atoms with van der Waals surface area (Å²) in [4.78, 5) is 0. The van der Waals surface area contributed by atoms with Gasteiger partial charge in [0.05, 0.1) is 11.1 Å². The van der Waals surface area contributed by atoms with Crippen LogP contribution in [0.4, 0.5) is 17.6 Å². The first-order valence-corrected chi connectivity index (χ1v) is 9.22. The second kappa shape index (κ2) is 8.03. The SMILES string of the molecule is Fc1c(-c2ccc(C(F)(F)F)cc2)oc(-c2ccccc2)c1/C=C/c1ccccc1. The van der Waals surface area contributed by atoms with Crippen molar-refractivity contribution >= 4 is 12.2 Å². The quantitative estimate of drug-likeness (QED) is 0.312. The van der Waals surface area contributed by atoms with E-state index >= 15 is 4.39 Å². The van der Waals surface area contributed by atoms with Gasteiger partial charge in [-0.15, -0.1) is 0 Å². The summed E-state index contributed by atoms with van der Waals surface area (Å²) < 4.78 is 59.7. The molecule has 0 bridgehead atoms. The summed E-state index contributed by atoms with van der Waals surface area (Å²) in [7, 11) is 0. The van der Waals surface area contributed by atoms with E-state index in [-0.39, 0.29) is 16.9 Å². The molecule has 150 valence electrons. The molecule has 5 heteroatoms. The van der Waals surface area contributed by atoms with Crippen LogP contribution in [0.2, 0.25) is 0 Å². The van der Waals surface area contributed by atoms with Crippen molar-refractivity contribution < 1.29 is 22.0 Å². The molecule has 4 aromatic rings. The predicted octanol–water partition coefficient (Wildman–Crippen LogP) is 7.94. The molecule has 0 fully saturated rings. The second-order valence-corrected chi connectivity index (χ2v) is 6.67. The summed E-state index contributed by atoms with van der Waals surface area (Å²) in [6.45, 7) is 0. The maximum atomic E-state index is 15.3. The van der Waals surface area contributed by atoms with Crippen LogP contribution in [0.1, 0.15) is 16.7 Å². The Morgan fingerprint density at radius 2 is 1.20 bits per heavy atom. The van der Waals surface area contributed by atoms with Crippen molar-refractivity contribution in [1.29, 1.82) is 0 Å². The number of benzene rings is 3. The smallest absolute Gasteiger partial charge is 0.416 e. The van der Waals surface area contributed by atoms with Gasteiger partial charge < -0.3 is 4.42 Å². The van der Waals surface area contributed by atoms with Gasteiger partial charge in [0.25, 0.3) is 0 Å². The molecule has 0 unspecified atom stereocenters. The van der Waals surface area contributed by atoms with Crippen molar-refractivity contribution in [1.82, 2.24) is 0 Å². The van der Waals surface area contributed by atoms with Gasteiger partial charge in [0.1, 0.15) is 5.76 Å². The molecule has 1 aromatic heterocycles. The molecule has 0 radical (unpaired) electrons. The van der Waals surface area contributed by atoms with Crippen LogP contribution in [0.25, 0.3) is 34.8 Å². The van der Waals surface area contributed by atoms with E-state index in [0.717, 1.165) is 17.7 Å². The van der Waals surface area contributed by atoms with Gasteiger partial charge in [0, 0.05) is 11.1 Å². The van der Waals surface area contributed by atoms with Crippen molar-refractivity contribution in [3.05, 3.63) is 107 Å². The van der Waals surface area contributed by atoms with E-state index in [1.807, 2.05) is 36.4 Å². The molecular formula is C25H16F4O. The molecule has 0 aliphatic rings. The number of alkyl halides is 3. The van der Waals surface area contributed by atoms with Crippen LogP contribution in [0, 0.1) is 5.82 Å². The fourth-order valence-corrected chi connectivity index (χ4v) is 3.12. The van der Waals surface area contributed by atoms with Crippen LogP contribution in [-0.2, 0) is 6.18 Å². The van der Waals surface area contributed by atoms with Gasteiger partial charge >= 0.3 is 6.18 Å². The first kappa shape index (κ1) is 19.7. The Balaban J connectivity index is 1.81. The number of rotatable bonds is 4. The average Bonchev–Trinajstić information content (AvgIpc) is 3.09. The maximum Gasteiger partial charge on any atom is 0.416 e. The number of furan rings is 1. The highest BCUT2D eigenvalue weighted by atomic mass is 19.4. The minimum absolute atomic E-state index is 0.102. The molecule has 30 heavy (non-hydrogen) atoms. The number of hydrogen-bond donors (Lipinski definition) is 0. The molecule has 0 aliphatic carbocycles. The Bertz CT molecular complexity index is 1160. The summed E-state index contributed by atoms with van der Waals surface area (Å²) in [6, 6.07) is 22.7. The fourth-order valence-electron chi connectivity index (χ4n) is 3.12. The Hall–Kier alpha value is -3.60. The van der Waals surface area contributed by atoms with Gasteiger partial charge in [-0.3, -0.25) is 0 Å². The molecule has 3 aromatic carbocycles. The Morgan fingerprint density at radius 3 is 1.80 bits per heavy atom. The van der Waals surface area contributed by atoms with Gasteiger partial charge in [0.2, 0.25) is 0 Å². The summed E-state index contributed by atoms with van der Waals surface area (Å²) >= 11 is 0. The van der Waals surface area contributed by atoms with Crippen molar-refractivity contribution in [3.63, 3.8) is 0 Å². The third-order valence-corrected chi connectivity index (χ3v) is 4.64. The lowest BCUT2D eigenvalue weighted by molar-refractivity contribution is -0.137. The van der Waals surface area contributed by atoms with Gasteiger partial charge in [-0.05, 0) is 23.8 Å². The van der Waals surface area contributed by atoms with E-state index in [1.54, 1.807) is 36.4 Å². The minimum Gasteiger partial charge on any atom is -0.452 e. The van der Waals surface area contributed by atoms with Crippen LogP contribution in [0.3, 0.4) is 0 Å². The lowest BCUT2D eigenvalue weighted by atomic mass is 10.0. The van der Waals surface area contributed by atoms with E-state index in [2.05, 4.69) is 0 Å². The molecule has 0 amide bonds. The average molecular weight is 408 g/mol. The highest BCUT2D eigenvalue weighted by Gasteiger charge is 2.30. The summed E-state index contributed by atoms with van der Waals surface area (Å²) in [6.07, 6.45) is -1.08. The standard InChI is InChI=1S/C25H16F4O/c26-22-21(16-11-17-7-3-1-4-8-17)23(18-9-5-2-6-10-18)30-24(22)19-12-14-20(15-13-19)25(27,28)29/h1-16H/b16-11+. The third-order valence-electron chi connectivity index (χ3n) is 4.64. The summed E-state index contributed by atoms with van der Waals surface area (Å²) in [5, 5.41) is 0. The molecular weight excluding hydrogens is 392 g/mol. The molecule has 4 rings (SSSR count). The fraction of sp³-hybridized carbons (Fsp3) is 0.0400. The molecule has 0 aliphatic heterocycles. The van der Waals surface area contributed by atoms with Crippen molar-refractivity contribution in [2.24, 2.45) is 0 Å². The largest absolute Gasteiger partial charge is 0.452 e. The first-order valence-electron chi connectivity index (χ1n) is 9.22. The lowest BCUT2D eigenvalue weighted by Gasteiger charge is -2.06. The van der Waals surface area contributed by atoms with E-state index in [9.17, 15) is 13.2 Å². The second-order valence-electron chi connectivity index (χ2n) is 6.67. The molecule has 1 heterocycles. The molecule has 0 saturated carbocycles.